The Labute approximate surface area is 156 Å². The van der Waals surface area contributed by atoms with E-state index >= 15 is 0 Å². The third-order valence-electron chi connectivity index (χ3n) is 5.42. The minimum absolute atomic E-state index is 0.0163. The maximum atomic E-state index is 12.9. The Balaban J connectivity index is 1.74. The van der Waals surface area contributed by atoms with Gasteiger partial charge in [-0.15, -0.1) is 0 Å². The van der Waals surface area contributed by atoms with Crippen molar-refractivity contribution in [2.45, 2.75) is 25.8 Å². The molecule has 0 aliphatic carbocycles. The van der Waals surface area contributed by atoms with Crippen LogP contribution in [-0.2, 0) is 4.74 Å². The second kappa shape index (κ2) is 8.47. The molecule has 1 heterocycles. The molecule has 2 aromatic carbocycles. The first kappa shape index (κ1) is 18.6. The Bertz CT molecular complexity index is 726. The number of nitrogens with one attached hydrogen (secondary N) is 1. The van der Waals surface area contributed by atoms with Gasteiger partial charge in [-0.1, -0.05) is 55.5 Å². The first-order chi connectivity index (χ1) is 12.6. The molecule has 3 rings (SSSR count). The third-order valence-corrected chi connectivity index (χ3v) is 5.42. The number of ether oxygens (including phenoxy) is 1. The molecule has 0 aromatic heterocycles. The van der Waals surface area contributed by atoms with Gasteiger partial charge in [0.1, 0.15) is 0 Å². The quantitative estimate of drug-likeness (QED) is 0.864. The highest BCUT2D eigenvalue weighted by atomic mass is 16.5. The van der Waals surface area contributed by atoms with Gasteiger partial charge in [-0.2, -0.15) is 0 Å². The molecule has 2 aromatic rings. The van der Waals surface area contributed by atoms with Gasteiger partial charge in [0.2, 0.25) is 0 Å². The van der Waals surface area contributed by atoms with Gasteiger partial charge < -0.3 is 10.1 Å². The summed E-state index contributed by atoms with van der Waals surface area (Å²) in [6.45, 7) is 8.40. The maximum absolute atomic E-state index is 12.9. The molecule has 4 nitrogen and oxygen atoms in total. The minimum Gasteiger partial charge on any atom is -0.379 e. The molecule has 1 aliphatic heterocycles. The number of morpholine rings is 1. The third kappa shape index (κ3) is 4.14. The van der Waals surface area contributed by atoms with Crippen molar-refractivity contribution in [2.75, 3.05) is 32.8 Å². The van der Waals surface area contributed by atoms with Crippen molar-refractivity contribution in [3.05, 3.63) is 60.2 Å². The SMILES string of the molecule is CCC(C)(CNC(=O)c1ccccc1-c1ccccc1)N1CCOCC1. The Morgan fingerprint density at radius 2 is 1.73 bits per heavy atom. The van der Waals surface area contributed by atoms with Crippen LogP contribution in [0.2, 0.25) is 0 Å². The van der Waals surface area contributed by atoms with Crippen molar-refractivity contribution in [3.63, 3.8) is 0 Å². The summed E-state index contributed by atoms with van der Waals surface area (Å²) < 4.78 is 5.47. The zero-order valence-corrected chi connectivity index (χ0v) is 15.7. The number of benzene rings is 2. The first-order valence-corrected chi connectivity index (χ1v) is 9.39. The fourth-order valence-electron chi connectivity index (χ4n) is 3.48. The minimum atomic E-state index is -0.0544. The van der Waals surface area contributed by atoms with Crippen molar-refractivity contribution in [3.8, 4) is 11.1 Å². The zero-order valence-electron chi connectivity index (χ0n) is 15.7. The smallest absolute Gasteiger partial charge is 0.251 e. The van der Waals surface area contributed by atoms with Crippen LogP contribution in [0.3, 0.4) is 0 Å². The van der Waals surface area contributed by atoms with E-state index in [4.69, 9.17) is 4.74 Å². The van der Waals surface area contributed by atoms with Crippen molar-refractivity contribution in [1.82, 2.24) is 10.2 Å². The number of rotatable bonds is 6. The summed E-state index contributed by atoms with van der Waals surface area (Å²) in [5.41, 5.74) is 2.69. The first-order valence-electron chi connectivity index (χ1n) is 9.39. The molecule has 0 radical (unpaired) electrons. The Hall–Kier alpha value is -2.17. The van der Waals surface area contributed by atoms with Crippen LogP contribution < -0.4 is 5.32 Å². The molecule has 1 atom stereocenters. The lowest BCUT2D eigenvalue weighted by atomic mass is 9.94. The van der Waals surface area contributed by atoms with Crippen molar-refractivity contribution >= 4 is 5.91 Å². The van der Waals surface area contributed by atoms with Gasteiger partial charge >= 0.3 is 0 Å². The number of carbonyl (C=O) groups is 1. The summed E-state index contributed by atoms with van der Waals surface area (Å²) >= 11 is 0. The van der Waals surface area contributed by atoms with Crippen LogP contribution in [0.25, 0.3) is 11.1 Å². The van der Waals surface area contributed by atoms with Crippen molar-refractivity contribution < 1.29 is 9.53 Å². The highest BCUT2D eigenvalue weighted by Gasteiger charge is 2.31. The van der Waals surface area contributed by atoms with E-state index in [0.29, 0.717) is 6.54 Å². The lowest BCUT2D eigenvalue weighted by Crippen LogP contribution is -2.56. The molecular weight excluding hydrogens is 324 g/mol. The van der Waals surface area contributed by atoms with Crippen molar-refractivity contribution in [1.29, 1.82) is 0 Å². The molecule has 138 valence electrons. The Kier molecular flexibility index (Phi) is 6.07. The highest BCUT2D eigenvalue weighted by molar-refractivity contribution is 6.00. The predicted molar refractivity (Wildman–Crippen MR) is 105 cm³/mol. The predicted octanol–water partition coefficient (Wildman–Crippen LogP) is 3.58. The van der Waals surface area contributed by atoms with E-state index in [1.54, 1.807) is 0 Å². The van der Waals surface area contributed by atoms with E-state index in [1.807, 2.05) is 54.6 Å². The zero-order chi connectivity index (χ0) is 18.4. The Morgan fingerprint density at radius 1 is 1.08 bits per heavy atom. The summed E-state index contributed by atoms with van der Waals surface area (Å²) in [5.74, 6) is -0.0163. The molecule has 1 fully saturated rings. The molecule has 1 amide bonds. The second-order valence-corrected chi connectivity index (χ2v) is 7.04. The van der Waals surface area contributed by atoms with E-state index < -0.39 is 0 Å². The average molecular weight is 352 g/mol. The average Bonchev–Trinajstić information content (AvgIpc) is 2.73. The van der Waals surface area contributed by atoms with Gasteiger partial charge in [0, 0.05) is 30.7 Å². The lowest BCUT2D eigenvalue weighted by Gasteiger charge is -2.43. The summed E-state index contributed by atoms with van der Waals surface area (Å²) in [7, 11) is 0. The van der Waals surface area contributed by atoms with E-state index in [-0.39, 0.29) is 11.4 Å². The summed E-state index contributed by atoms with van der Waals surface area (Å²) in [6.07, 6.45) is 0.980. The van der Waals surface area contributed by atoms with E-state index in [0.717, 1.165) is 49.4 Å². The molecule has 4 heteroatoms. The van der Waals surface area contributed by atoms with E-state index in [1.165, 1.54) is 0 Å². The summed E-state index contributed by atoms with van der Waals surface area (Å²) in [4.78, 5) is 15.4. The molecule has 1 aliphatic rings. The molecule has 1 saturated heterocycles. The number of carbonyl (C=O) groups excluding carboxylic acids is 1. The Morgan fingerprint density at radius 3 is 2.42 bits per heavy atom. The fourth-order valence-corrected chi connectivity index (χ4v) is 3.48. The van der Waals surface area contributed by atoms with E-state index in [2.05, 4.69) is 24.1 Å². The largest absolute Gasteiger partial charge is 0.379 e. The van der Waals surface area contributed by atoms with Crippen LogP contribution >= 0.6 is 0 Å². The van der Waals surface area contributed by atoms with Gasteiger partial charge in [0.05, 0.1) is 13.2 Å². The van der Waals surface area contributed by atoms with Crippen molar-refractivity contribution in [2.24, 2.45) is 0 Å². The molecule has 0 saturated carbocycles. The van der Waals surface area contributed by atoms with Gasteiger partial charge in [-0.25, -0.2) is 0 Å². The molecule has 0 spiro atoms. The number of amides is 1. The fraction of sp³-hybridized carbons (Fsp3) is 0.409. The monoisotopic (exact) mass is 352 g/mol. The van der Waals surface area contributed by atoms with Gasteiger partial charge in [-0.05, 0) is 30.5 Å². The molecule has 0 bridgehead atoms. The number of nitrogens with zero attached hydrogens (tertiary/aromatic N) is 1. The number of hydrogen-bond acceptors (Lipinski definition) is 3. The molecule has 1 N–H and O–H groups in total. The van der Waals surface area contributed by atoms with Crippen LogP contribution in [0.1, 0.15) is 30.6 Å². The maximum Gasteiger partial charge on any atom is 0.251 e. The molecular formula is C22H28N2O2. The van der Waals surface area contributed by atoms with Crippen LogP contribution in [0.15, 0.2) is 54.6 Å². The highest BCUT2D eigenvalue weighted by Crippen LogP contribution is 2.24. The normalized spacial score (nSPS) is 17.5. The molecule has 1 unspecified atom stereocenters. The van der Waals surface area contributed by atoms with Gasteiger partial charge in [0.15, 0.2) is 0 Å². The van der Waals surface area contributed by atoms with Gasteiger partial charge in [0.25, 0.3) is 5.91 Å². The van der Waals surface area contributed by atoms with Crippen LogP contribution in [0.5, 0.6) is 0 Å². The summed E-state index contributed by atoms with van der Waals surface area (Å²) in [5, 5.41) is 3.18. The van der Waals surface area contributed by atoms with Gasteiger partial charge in [-0.3, -0.25) is 9.69 Å². The number of hydrogen-bond donors (Lipinski definition) is 1. The van der Waals surface area contributed by atoms with E-state index in [9.17, 15) is 4.79 Å². The lowest BCUT2D eigenvalue weighted by molar-refractivity contribution is -0.0169. The molecule has 26 heavy (non-hydrogen) atoms. The topological polar surface area (TPSA) is 41.6 Å². The van der Waals surface area contributed by atoms with Crippen LogP contribution in [0, 0.1) is 0 Å². The van der Waals surface area contributed by atoms with Crippen LogP contribution in [0.4, 0.5) is 0 Å². The second-order valence-electron chi connectivity index (χ2n) is 7.04. The van der Waals surface area contributed by atoms with Crippen LogP contribution in [-0.4, -0.2) is 49.2 Å². The summed E-state index contributed by atoms with van der Waals surface area (Å²) in [6, 6.07) is 17.9. The standard InChI is InChI=1S/C22H28N2O2/c1-3-22(2,24-13-15-26-16-14-24)17-23-21(25)20-12-8-7-11-19(20)18-9-5-4-6-10-18/h4-12H,3,13-17H2,1-2H3,(H,23,25).